The summed E-state index contributed by atoms with van der Waals surface area (Å²) >= 11 is 0. The van der Waals surface area contributed by atoms with E-state index in [1.807, 2.05) is 0 Å². The van der Waals surface area contributed by atoms with E-state index in [2.05, 4.69) is 58.8 Å². The van der Waals surface area contributed by atoms with Crippen molar-refractivity contribution in [1.82, 2.24) is 10.6 Å². The first-order valence-corrected chi connectivity index (χ1v) is 19.6. The predicted octanol–water partition coefficient (Wildman–Crippen LogP) is 8.05. The lowest BCUT2D eigenvalue weighted by molar-refractivity contribution is -0.246. The maximum Gasteiger partial charge on any atom is 0.325 e. The van der Waals surface area contributed by atoms with E-state index < -0.39 is 12.0 Å². The van der Waals surface area contributed by atoms with E-state index in [1.165, 1.54) is 38.2 Å². The molecule has 0 bridgehead atoms. The fourth-order valence-corrected chi connectivity index (χ4v) is 13.2. The second-order valence-corrected chi connectivity index (χ2v) is 18.6. The van der Waals surface area contributed by atoms with Gasteiger partial charge in [0.05, 0.1) is 11.5 Å². The minimum Gasteiger partial charge on any atom is -0.480 e. The Morgan fingerprint density at radius 2 is 1.50 bits per heavy atom. The van der Waals surface area contributed by atoms with Crippen molar-refractivity contribution in [1.29, 1.82) is 0 Å². The van der Waals surface area contributed by atoms with Crippen LogP contribution in [0.4, 0.5) is 0 Å². The summed E-state index contributed by atoms with van der Waals surface area (Å²) in [6.07, 6.45) is 15.9. The van der Waals surface area contributed by atoms with Crippen LogP contribution in [-0.2, 0) is 14.4 Å². The minimum atomic E-state index is -1.02. The number of rotatable bonds is 12. The summed E-state index contributed by atoms with van der Waals surface area (Å²) in [7, 11) is 0. The number of aliphatic carboxylic acids is 1. The van der Waals surface area contributed by atoms with Gasteiger partial charge in [-0.05, 0) is 142 Å². The summed E-state index contributed by atoms with van der Waals surface area (Å²) < 4.78 is 0. The molecule has 272 valence electrons. The van der Waals surface area contributed by atoms with Crippen LogP contribution in [0.15, 0.2) is 12.2 Å². The van der Waals surface area contributed by atoms with E-state index >= 15 is 0 Å². The molecule has 5 saturated carbocycles. The highest BCUT2D eigenvalue weighted by Gasteiger charge is 2.71. The van der Waals surface area contributed by atoms with Crippen molar-refractivity contribution >= 4 is 17.8 Å². The Kier molecular flexibility index (Phi) is 10.6. The third-order valence-corrected chi connectivity index (χ3v) is 16.1. The van der Waals surface area contributed by atoms with Gasteiger partial charge >= 0.3 is 5.97 Å². The topological polar surface area (TPSA) is 116 Å². The molecule has 0 aromatic rings. The lowest BCUT2D eigenvalue weighted by Gasteiger charge is -2.72. The minimum absolute atomic E-state index is 0.0406. The number of fused-ring (bicyclic) bond motifs is 7. The van der Waals surface area contributed by atoms with Gasteiger partial charge in [-0.25, -0.2) is 0 Å². The van der Waals surface area contributed by atoms with Crippen molar-refractivity contribution in [2.75, 3.05) is 6.54 Å². The van der Waals surface area contributed by atoms with Gasteiger partial charge in [-0.1, -0.05) is 66.0 Å². The van der Waals surface area contributed by atoms with Gasteiger partial charge in [-0.2, -0.15) is 0 Å². The third kappa shape index (κ3) is 6.08. The van der Waals surface area contributed by atoms with E-state index in [9.17, 15) is 19.5 Å². The molecule has 11 atom stereocenters. The number of hydrogen-bond acceptors (Lipinski definition) is 4. The summed E-state index contributed by atoms with van der Waals surface area (Å²) in [6.45, 7) is 21.4. The average molecular weight is 669 g/mol. The lowest BCUT2D eigenvalue weighted by Crippen LogP contribution is -2.67. The van der Waals surface area contributed by atoms with Crippen LogP contribution in [0.2, 0.25) is 0 Å². The van der Waals surface area contributed by atoms with E-state index in [0.717, 1.165) is 70.6 Å². The summed E-state index contributed by atoms with van der Waals surface area (Å²) in [5.74, 6) is 1.57. The highest BCUT2D eigenvalue weighted by Crippen LogP contribution is 2.77. The van der Waals surface area contributed by atoms with Crippen molar-refractivity contribution in [3.05, 3.63) is 12.2 Å². The number of carbonyl (C=O) groups excluding carboxylic acids is 2. The van der Waals surface area contributed by atoms with Crippen LogP contribution in [0.1, 0.15) is 151 Å². The number of carboxylic acid groups (broad SMARTS) is 1. The van der Waals surface area contributed by atoms with Crippen molar-refractivity contribution in [2.45, 2.75) is 163 Å². The summed E-state index contributed by atoms with van der Waals surface area (Å²) in [6, 6.07) is -0.856. The second kappa shape index (κ2) is 13.7. The Bertz CT molecular complexity index is 1250. The number of hydrogen-bond donors (Lipinski definition) is 4. The molecule has 5 rings (SSSR count). The van der Waals surface area contributed by atoms with Gasteiger partial charge in [0.15, 0.2) is 0 Å². The fourth-order valence-electron chi connectivity index (χ4n) is 13.2. The number of carbonyl (C=O) groups is 3. The molecule has 2 amide bonds. The molecule has 0 spiro atoms. The van der Waals surface area contributed by atoms with Crippen molar-refractivity contribution in [3.63, 3.8) is 0 Å². The van der Waals surface area contributed by atoms with Crippen LogP contribution in [0.25, 0.3) is 0 Å². The third-order valence-electron chi connectivity index (χ3n) is 16.1. The van der Waals surface area contributed by atoms with Gasteiger partial charge in [-0.15, -0.1) is 0 Å². The zero-order chi connectivity index (χ0) is 35.3. The largest absolute Gasteiger partial charge is 0.480 e. The van der Waals surface area contributed by atoms with Crippen molar-refractivity contribution in [2.24, 2.45) is 56.7 Å². The van der Waals surface area contributed by atoms with E-state index in [4.69, 9.17) is 5.11 Å². The van der Waals surface area contributed by atoms with Gasteiger partial charge in [-0.3, -0.25) is 14.4 Å². The quantitative estimate of drug-likeness (QED) is 0.124. The highest BCUT2D eigenvalue weighted by molar-refractivity contribution is 5.84. The molecule has 5 aliphatic rings. The first kappa shape index (κ1) is 37.4. The normalized spacial score (nSPS) is 41.9. The molecule has 7 heteroatoms. The zero-order valence-electron chi connectivity index (χ0n) is 31.4. The molecule has 5 aliphatic carbocycles. The predicted molar refractivity (Wildman–Crippen MR) is 191 cm³/mol. The number of amides is 2. The van der Waals surface area contributed by atoms with E-state index in [-0.39, 0.29) is 45.0 Å². The molecule has 0 radical (unpaired) electrons. The Morgan fingerprint density at radius 3 is 2.19 bits per heavy atom. The van der Waals surface area contributed by atoms with Gasteiger partial charge in [0.25, 0.3) is 0 Å². The molecule has 4 N–H and O–H groups in total. The monoisotopic (exact) mass is 669 g/mol. The molecule has 7 nitrogen and oxygen atoms in total. The van der Waals surface area contributed by atoms with Gasteiger partial charge < -0.3 is 20.8 Å². The van der Waals surface area contributed by atoms with Gasteiger partial charge in [0.2, 0.25) is 11.8 Å². The van der Waals surface area contributed by atoms with Crippen LogP contribution in [0.5, 0.6) is 0 Å². The van der Waals surface area contributed by atoms with Crippen LogP contribution in [0, 0.1) is 56.7 Å². The Balaban J connectivity index is 1.22. The van der Waals surface area contributed by atoms with Gasteiger partial charge in [0, 0.05) is 13.0 Å². The first-order valence-electron chi connectivity index (χ1n) is 19.6. The van der Waals surface area contributed by atoms with Crippen molar-refractivity contribution < 1.29 is 24.6 Å². The summed E-state index contributed by atoms with van der Waals surface area (Å²) in [5, 5.41) is 26.0. The maximum absolute atomic E-state index is 14.3. The molecular formula is C41H68N2O5. The van der Waals surface area contributed by atoms with Crippen LogP contribution in [0.3, 0.4) is 0 Å². The molecule has 0 saturated heterocycles. The molecule has 0 heterocycles. The van der Waals surface area contributed by atoms with Crippen molar-refractivity contribution in [3.8, 4) is 0 Å². The maximum atomic E-state index is 14.3. The molecular weight excluding hydrogens is 600 g/mol. The number of nitrogens with one attached hydrogen (secondary N) is 2. The zero-order valence-corrected chi connectivity index (χ0v) is 31.4. The molecule has 1 unspecified atom stereocenters. The van der Waals surface area contributed by atoms with Crippen LogP contribution >= 0.6 is 0 Å². The van der Waals surface area contributed by atoms with E-state index in [1.54, 1.807) is 0 Å². The number of allylic oxidation sites excluding steroid dienone is 1. The van der Waals surface area contributed by atoms with E-state index in [0.29, 0.717) is 42.6 Å². The fraction of sp³-hybridized carbons (Fsp3) is 0.878. The first-order chi connectivity index (χ1) is 22.5. The number of carboxylic acids is 1. The highest BCUT2D eigenvalue weighted by atomic mass is 16.4. The molecule has 0 aromatic heterocycles. The smallest absolute Gasteiger partial charge is 0.325 e. The molecule has 0 aliphatic heterocycles. The number of aliphatic hydroxyl groups excluding tert-OH is 1. The SMILES string of the molecule is C=C(C)[C@@H]1CC[C@]2(C(=O)NCCCCCCCC(=O)NC(C)C(=O)O)CC[C@]3(C)[C@H](CC[C@@H]4[C@@]5(C)CC[C@H](O)C(C)(C)[C@@H]5CC[C@]43C)[C@@H]12. The van der Waals surface area contributed by atoms with Crippen LogP contribution in [-0.4, -0.2) is 46.7 Å². The standard InChI is InChI=1S/C41H68N2O5/c1-26(2)28-17-22-41(36(48)42-25-13-11-9-10-12-14-33(45)43-27(3)35(46)47)24-23-39(7)29(34(28)41)15-16-31-38(6)20-19-32(44)37(4,5)30(38)18-21-40(31,39)8/h27-32,34,44H,1,9-25H2,2-8H3,(H,42,48)(H,43,45)(H,46,47)/t27?,28-,29+,30-,31+,32-,34+,38-,39+,40+,41-/m0/s1. The Labute approximate surface area is 291 Å². The Morgan fingerprint density at radius 1 is 0.812 bits per heavy atom. The lowest BCUT2D eigenvalue weighted by atomic mass is 9.32. The molecule has 0 aromatic carbocycles. The summed E-state index contributed by atoms with van der Waals surface area (Å²) in [5.41, 5.74) is 1.61. The summed E-state index contributed by atoms with van der Waals surface area (Å²) in [4.78, 5) is 37.2. The molecule has 48 heavy (non-hydrogen) atoms. The number of unbranched alkanes of at least 4 members (excludes halogenated alkanes) is 4. The van der Waals surface area contributed by atoms with Gasteiger partial charge in [0.1, 0.15) is 6.04 Å². The Hall–Kier alpha value is -1.89. The van der Waals surface area contributed by atoms with Crippen LogP contribution < -0.4 is 10.6 Å². The second-order valence-electron chi connectivity index (χ2n) is 18.6. The average Bonchev–Trinajstić information content (AvgIpc) is 3.42. The molecule has 5 fully saturated rings. The number of aliphatic hydroxyl groups is 1.